The molecule has 4 rings (SSSR count). The third-order valence-electron chi connectivity index (χ3n) is 4.89. The first-order valence-corrected chi connectivity index (χ1v) is 10.5. The Hall–Kier alpha value is -3.45. The first-order valence-electron chi connectivity index (χ1n) is 9.37. The van der Waals surface area contributed by atoms with Crippen molar-refractivity contribution in [2.45, 2.75) is 18.1 Å². The molecule has 2 amide bonds. The van der Waals surface area contributed by atoms with E-state index in [-0.39, 0.29) is 24.0 Å². The van der Waals surface area contributed by atoms with Crippen LogP contribution >= 0.6 is 11.8 Å². The molecule has 0 radical (unpaired) electrons. The van der Waals surface area contributed by atoms with E-state index in [1.807, 2.05) is 24.3 Å². The van der Waals surface area contributed by atoms with Gasteiger partial charge in [0.25, 0.3) is 17.5 Å². The van der Waals surface area contributed by atoms with E-state index in [4.69, 9.17) is 0 Å². The van der Waals surface area contributed by atoms with Crippen molar-refractivity contribution >= 4 is 29.3 Å². The van der Waals surface area contributed by atoms with Gasteiger partial charge in [-0.1, -0.05) is 48.5 Å². The average molecular weight is 418 g/mol. The Morgan fingerprint density at radius 2 is 1.37 bits per heavy atom. The van der Waals surface area contributed by atoms with Gasteiger partial charge >= 0.3 is 0 Å². The largest absolute Gasteiger partial charge is 0.270 e. The van der Waals surface area contributed by atoms with E-state index in [1.54, 1.807) is 48.2 Å². The molecule has 0 bridgehead atoms. The number of hydrogen-bond donors (Lipinski definition) is 0. The lowest BCUT2D eigenvalue weighted by Crippen LogP contribution is -2.29. The molecule has 0 spiro atoms. The van der Waals surface area contributed by atoms with Crippen LogP contribution in [0.5, 0.6) is 0 Å². The van der Waals surface area contributed by atoms with E-state index < -0.39 is 4.92 Å². The van der Waals surface area contributed by atoms with Gasteiger partial charge in [0.15, 0.2) is 0 Å². The third kappa shape index (κ3) is 4.11. The number of nitrogens with zero attached hydrogens (tertiary/aromatic N) is 2. The lowest BCUT2D eigenvalue weighted by atomic mass is 10.1. The first kappa shape index (κ1) is 19.8. The van der Waals surface area contributed by atoms with Gasteiger partial charge in [0.05, 0.1) is 22.6 Å². The van der Waals surface area contributed by atoms with Crippen molar-refractivity contribution < 1.29 is 14.5 Å². The summed E-state index contributed by atoms with van der Waals surface area (Å²) in [5.74, 6) is 0.982. The second-order valence-electron chi connectivity index (χ2n) is 6.98. The average Bonchev–Trinajstić information content (AvgIpc) is 3.00. The highest BCUT2D eigenvalue weighted by Crippen LogP contribution is 2.25. The van der Waals surface area contributed by atoms with Gasteiger partial charge in [-0.15, -0.1) is 0 Å². The molecule has 7 heteroatoms. The maximum absolute atomic E-state index is 12.6. The Labute approximate surface area is 177 Å². The quantitative estimate of drug-likeness (QED) is 0.312. The van der Waals surface area contributed by atoms with Crippen LogP contribution in [0.25, 0.3) is 0 Å². The number of amides is 2. The summed E-state index contributed by atoms with van der Waals surface area (Å²) < 4.78 is 0. The van der Waals surface area contributed by atoms with Gasteiger partial charge in [0.2, 0.25) is 0 Å². The van der Waals surface area contributed by atoms with Crippen LogP contribution in [-0.2, 0) is 18.1 Å². The minimum atomic E-state index is -0.406. The van der Waals surface area contributed by atoms with Crippen LogP contribution < -0.4 is 0 Å². The van der Waals surface area contributed by atoms with E-state index in [0.717, 1.165) is 28.2 Å². The molecule has 3 aromatic rings. The lowest BCUT2D eigenvalue weighted by molar-refractivity contribution is -0.384. The maximum atomic E-state index is 12.6. The molecule has 1 aliphatic heterocycles. The van der Waals surface area contributed by atoms with Gasteiger partial charge in [-0.3, -0.25) is 24.6 Å². The number of hydrogen-bond acceptors (Lipinski definition) is 5. The highest BCUT2D eigenvalue weighted by atomic mass is 32.2. The fraction of sp³-hybridized carbons (Fsp3) is 0.130. The molecular weight excluding hydrogens is 400 g/mol. The number of fused-ring (bicyclic) bond motifs is 1. The van der Waals surface area contributed by atoms with Gasteiger partial charge in [-0.05, 0) is 28.8 Å². The number of carbonyl (C=O) groups excluding carboxylic acids is 2. The molecule has 0 atom stereocenters. The highest BCUT2D eigenvalue weighted by molar-refractivity contribution is 7.97. The molecule has 3 aromatic carbocycles. The number of carbonyl (C=O) groups is 2. The molecule has 0 saturated heterocycles. The number of benzene rings is 3. The minimum Gasteiger partial charge on any atom is -0.270 e. The van der Waals surface area contributed by atoms with Crippen molar-refractivity contribution in [1.82, 2.24) is 4.90 Å². The number of thioether (sulfide) groups is 1. The molecule has 0 aliphatic carbocycles. The summed E-state index contributed by atoms with van der Waals surface area (Å²) in [6.45, 7) is 0.243. The standard InChI is InChI=1S/C23H18N2O4S/c26-22-20-6-1-2-7-21(20)23(27)24(22)13-17-4-3-5-18(12-17)15-30-14-16-8-10-19(11-9-16)25(28)29/h1-12H,13-15H2. The van der Waals surface area contributed by atoms with E-state index >= 15 is 0 Å². The molecule has 0 saturated carbocycles. The number of non-ortho nitro benzene ring substituents is 1. The SMILES string of the molecule is O=C1c2ccccc2C(=O)N1Cc1cccc(CSCc2ccc([N+](=O)[O-])cc2)c1. The first-order chi connectivity index (χ1) is 14.5. The van der Waals surface area contributed by atoms with Crippen molar-refractivity contribution in [3.63, 3.8) is 0 Å². The Morgan fingerprint density at radius 3 is 2.00 bits per heavy atom. The molecule has 1 aliphatic rings. The summed E-state index contributed by atoms with van der Waals surface area (Å²) in [6.07, 6.45) is 0. The topological polar surface area (TPSA) is 80.5 Å². The number of rotatable bonds is 7. The molecule has 0 aromatic heterocycles. The Balaban J connectivity index is 1.37. The number of nitro groups is 1. The van der Waals surface area contributed by atoms with Crippen LogP contribution in [0.15, 0.2) is 72.8 Å². The molecule has 150 valence electrons. The van der Waals surface area contributed by atoms with Crippen LogP contribution in [0.4, 0.5) is 5.69 Å². The van der Waals surface area contributed by atoms with Crippen molar-refractivity contribution in [3.05, 3.63) is 111 Å². The van der Waals surface area contributed by atoms with E-state index in [2.05, 4.69) is 0 Å². The van der Waals surface area contributed by atoms with Gasteiger partial charge in [-0.25, -0.2) is 0 Å². The monoisotopic (exact) mass is 418 g/mol. The predicted octanol–water partition coefficient (Wildman–Crippen LogP) is 4.82. The summed E-state index contributed by atoms with van der Waals surface area (Å²) in [6, 6.07) is 21.3. The van der Waals surface area contributed by atoms with Crippen molar-refractivity contribution in [2.75, 3.05) is 0 Å². The van der Waals surface area contributed by atoms with Crippen LogP contribution in [-0.4, -0.2) is 21.6 Å². The molecule has 0 fully saturated rings. The minimum absolute atomic E-state index is 0.0876. The van der Waals surface area contributed by atoms with Crippen molar-refractivity contribution in [2.24, 2.45) is 0 Å². The highest BCUT2D eigenvalue weighted by Gasteiger charge is 2.34. The van der Waals surface area contributed by atoms with Crippen molar-refractivity contribution in [3.8, 4) is 0 Å². The molecular formula is C23H18N2O4S. The van der Waals surface area contributed by atoms with E-state index in [9.17, 15) is 19.7 Å². The summed E-state index contributed by atoms with van der Waals surface area (Å²) in [5, 5.41) is 10.7. The zero-order chi connectivity index (χ0) is 21.1. The van der Waals surface area contributed by atoms with Crippen molar-refractivity contribution in [1.29, 1.82) is 0 Å². The zero-order valence-electron chi connectivity index (χ0n) is 16.0. The predicted molar refractivity (Wildman–Crippen MR) is 115 cm³/mol. The Bertz CT molecular complexity index is 1090. The number of nitro benzene ring substituents is 1. The maximum Gasteiger partial charge on any atom is 0.269 e. The Morgan fingerprint density at radius 1 is 0.767 bits per heavy atom. The third-order valence-corrected chi connectivity index (χ3v) is 5.97. The molecule has 1 heterocycles. The van der Waals surface area contributed by atoms with Gasteiger partial charge in [0.1, 0.15) is 0 Å². The fourth-order valence-electron chi connectivity index (χ4n) is 3.38. The summed E-state index contributed by atoms with van der Waals surface area (Å²) >= 11 is 1.70. The van der Waals surface area contributed by atoms with Gasteiger partial charge in [-0.2, -0.15) is 11.8 Å². The van der Waals surface area contributed by atoms with Gasteiger partial charge in [0, 0.05) is 23.6 Å². The van der Waals surface area contributed by atoms with Crippen LogP contribution in [0, 0.1) is 10.1 Å². The van der Waals surface area contributed by atoms with Gasteiger partial charge < -0.3 is 0 Å². The summed E-state index contributed by atoms with van der Waals surface area (Å²) in [5.41, 5.74) is 4.01. The summed E-state index contributed by atoms with van der Waals surface area (Å²) in [4.78, 5) is 36.7. The second kappa shape index (κ2) is 8.51. The normalized spacial score (nSPS) is 12.9. The molecule has 0 N–H and O–H groups in total. The molecule has 0 unspecified atom stereocenters. The van der Waals surface area contributed by atoms with Crippen LogP contribution in [0.1, 0.15) is 37.4 Å². The summed E-state index contributed by atoms with van der Waals surface area (Å²) in [7, 11) is 0. The molecule has 6 nitrogen and oxygen atoms in total. The van der Waals surface area contributed by atoms with Crippen LogP contribution in [0.2, 0.25) is 0 Å². The molecule has 30 heavy (non-hydrogen) atoms. The smallest absolute Gasteiger partial charge is 0.269 e. The van der Waals surface area contributed by atoms with E-state index in [0.29, 0.717) is 11.1 Å². The fourth-order valence-corrected chi connectivity index (χ4v) is 4.33. The van der Waals surface area contributed by atoms with Crippen LogP contribution in [0.3, 0.4) is 0 Å². The Kier molecular flexibility index (Phi) is 5.63. The zero-order valence-corrected chi connectivity index (χ0v) is 16.8. The van der Waals surface area contributed by atoms with E-state index in [1.165, 1.54) is 17.0 Å². The second-order valence-corrected chi connectivity index (χ2v) is 7.96. The lowest BCUT2D eigenvalue weighted by Gasteiger charge is -2.14. The number of imide groups is 1.